The Hall–Kier alpha value is -2.72. The summed E-state index contributed by atoms with van der Waals surface area (Å²) in [6.45, 7) is 6.38. The Morgan fingerprint density at radius 2 is 1.86 bits per heavy atom. The number of amides is 2. The highest BCUT2D eigenvalue weighted by atomic mass is 32.2. The van der Waals surface area contributed by atoms with Gasteiger partial charge in [0, 0.05) is 30.4 Å². The second-order valence-corrected chi connectivity index (χ2v) is 13.0. The van der Waals surface area contributed by atoms with Crippen molar-refractivity contribution in [1.82, 2.24) is 15.3 Å². The molecule has 2 aliphatic carbocycles. The Balaban J connectivity index is 1.52. The molecule has 37 heavy (non-hydrogen) atoms. The van der Waals surface area contributed by atoms with Gasteiger partial charge < -0.3 is 20.3 Å². The summed E-state index contributed by atoms with van der Waals surface area (Å²) in [4.78, 5) is 23.9. The van der Waals surface area contributed by atoms with Gasteiger partial charge >= 0.3 is 6.03 Å². The molecule has 2 aromatic rings. The normalized spacial score (nSPS) is 21.9. The quantitative estimate of drug-likeness (QED) is 0.553. The molecule has 0 unspecified atom stereocenters. The fraction of sp³-hybridized carbons (Fsp3) is 0.593. The molecule has 2 N–H and O–H groups in total. The van der Waals surface area contributed by atoms with Gasteiger partial charge in [0.1, 0.15) is 10.6 Å². The van der Waals surface area contributed by atoms with Crippen LogP contribution in [0.5, 0.6) is 0 Å². The fourth-order valence-corrected chi connectivity index (χ4v) is 8.20. The molecule has 1 aliphatic heterocycles. The molecule has 10 heteroatoms. The SMILES string of the molecule is CCNC(=O)Nc1ccc(-c2nc(N3CCOC[C@@H]3C)cc(C3(S(=O)(=O)C4CCCCC4)CC3)n2)cc1. The Labute approximate surface area is 219 Å². The van der Waals surface area contributed by atoms with Crippen molar-refractivity contribution in [3.8, 4) is 11.4 Å². The van der Waals surface area contributed by atoms with E-state index >= 15 is 0 Å². The zero-order chi connectivity index (χ0) is 26.0. The van der Waals surface area contributed by atoms with E-state index < -0.39 is 14.6 Å². The van der Waals surface area contributed by atoms with E-state index in [-0.39, 0.29) is 17.3 Å². The summed E-state index contributed by atoms with van der Waals surface area (Å²) in [5, 5.41) is 5.23. The maximum absolute atomic E-state index is 13.9. The number of carbonyl (C=O) groups excluding carboxylic acids is 1. The van der Waals surface area contributed by atoms with Crippen molar-refractivity contribution in [2.24, 2.45) is 0 Å². The summed E-state index contributed by atoms with van der Waals surface area (Å²) in [7, 11) is -3.38. The molecule has 2 heterocycles. The van der Waals surface area contributed by atoms with Gasteiger partial charge in [0.2, 0.25) is 0 Å². The van der Waals surface area contributed by atoms with Crippen LogP contribution < -0.4 is 15.5 Å². The van der Waals surface area contributed by atoms with E-state index in [1.807, 2.05) is 37.3 Å². The van der Waals surface area contributed by atoms with Crippen LogP contribution in [0.4, 0.5) is 16.3 Å². The van der Waals surface area contributed by atoms with E-state index in [0.717, 1.165) is 43.5 Å². The van der Waals surface area contributed by atoms with Gasteiger partial charge in [0.05, 0.1) is 30.2 Å². The number of anilines is 2. The Morgan fingerprint density at radius 3 is 2.51 bits per heavy atom. The second kappa shape index (κ2) is 10.6. The average Bonchev–Trinajstić information content (AvgIpc) is 3.73. The monoisotopic (exact) mass is 527 g/mol. The van der Waals surface area contributed by atoms with Crippen molar-refractivity contribution in [1.29, 1.82) is 0 Å². The Kier molecular flexibility index (Phi) is 7.40. The molecule has 1 aromatic carbocycles. The molecule has 3 aliphatic rings. The number of rotatable bonds is 7. The first-order chi connectivity index (χ1) is 17.8. The molecule has 2 saturated carbocycles. The molecular formula is C27H37N5O4S. The molecule has 0 spiro atoms. The standard InChI is InChI=1S/C27H37N5O4S/c1-3-28-26(33)29-21-11-9-20(10-12-21)25-30-23(17-24(31-25)32-15-16-36-18-19(32)2)27(13-14-27)37(34,35)22-7-5-4-6-8-22/h9-12,17,19,22H,3-8,13-16,18H2,1-2H3,(H2,28,29,33)/t19-/m0/s1. The zero-order valence-corrected chi connectivity index (χ0v) is 22.5. The first kappa shape index (κ1) is 25.9. The summed E-state index contributed by atoms with van der Waals surface area (Å²) in [5.74, 6) is 1.24. The first-order valence-corrected chi connectivity index (χ1v) is 15.0. The van der Waals surface area contributed by atoms with Gasteiger partial charge in [-0.15, -0.1) is 0 Å². The number of nitrogens with one attached hydrogen (secondary N) is 2. The van der Waals surface area contributed by atoms with Gasteiger partial charge in [-0.3, -0.25) is 0 Å². The number of morpholine rings is 1. The van der Waals surface area contributed by atoms with Crippen LogP contribution in [0.3, 0.4) is 0 Å². The van der Waals surface area contributed by atoms with Crippen molar-refractivity contribution >= 4 is 27.4 Å². The van der Waals surface area contributed by atoms with Gasteiger partial charge in [-0.25, -0.2) is 23.2 Å². The lowest BCUT2D eigenvalue weighted by atomic mass is 10.0. The summed E-state index contributed by atoms with van der Waals surface area (Å²) in [6.07, 6.45) is 5.77. The molecule has 1 atom stereocenters. The van der Waals surface area contributed by atoms with E-state index in [0.29, 0.717) is 56.4 Å². The van der Waals surface area contributed by atoms with E-state index in [4.69, 9.17) is 14.7 Å². The summed E-state index contributed by atoms with van der Waals surface area (Å²) >= 11 is 0. The van der Waals surface area contributed by atoms with Crippen LogP contribution in [0.25, 0.3) is 11.4 Å². The van der Waals surface area contributed by atoms with Gasteiger partial charge in [0.25, 0.3) is 0 Å². The largest absolute Gasteiger partial charge is 0.377 e. The van der Waals surface area contributed by atoms with Crippen LogP contribution in [-0.2, 0) is 19.3 Å². The molecule has 5 rings (SSSR count). The molecule has 1 aromatic heterocycles. The van der Waals surface area contributed by atoms with Crippen LogP contribution >= 0.6 is 0 Å². The van der Waals surface area contributed by atoms with E-state index in [2.05, 4.69) is 22.5 Å². The molecule has 0 bridgehead atoms. The highest BCUT2D eigenvalue weighted by Gasteiger charge is 2.59. The van der Waals surface area contributed by atoms with Crippen LogP contribution in [0.2, 0.25) is 0 Å². The molecule has 9 nitrogen and oxygen atoms in total. The first-order valence-electron chi connectivity index (χ1n) is 13.5. The number of sulfone groups is 1. The van der Waals surface area contributed by atoms with Crippen molar-refractivity contribution in [3.63, 3.8) is 0 Å². The van der Waals surface area contributed by atoms with E-state index in [1.54, 1.807) is 0 Å². The molecule has 0 radical (unpaired) electrons. The van der Waals surface area contributed by atoms with Crippen LogP contribution in [-0.4, -0.2) is 62.0 Å². The predicted molar refractivity (Wildman–Crippen MR) is 144 cm³/mol. The lowest BCUT2D eigenvalue weighted by Crippen LogP contribution is -2.44. The van der Waals surface area contributed by atoms with Crippen molar-refractivity contribution in [2.75, 3.05) is 36.5 Å². The van der Waals surface area contributed by atoms with Gasteiger partial charge in [-0.05, 0) is 63.8 Å². The number of benzene rings is 1. The number of hydrogen-bond donors (Lipinski definition) is 2. The predicted octanol–water partition coefficient (Wildman–Crippen LogP) is 4.25. The van der Waals surface area contributed by atoms with E-state index in [9.17, 15) is 13.2 Å². The molecule has 3 fully saturated rings. The van der Waals surface area contributed by atoms with Crippen molar-refractivity contribution < 1.29 is 17.9 Å². The highest BCUT2D eigenvalue weighted by molar-refractivity contribution is 7.93. The Morgan fingerprint density at radius 1 is 1.14 bits per heavy atom. The molecular weight excluding hydrogens is 490 g/mol. The van der Waals surface area contributed by atoms with E-state index in [1.165, 1.54) is 0 Å². The average molecular weight is 528 g/mol. The summed E-state index contributed by atoms with van der Waals surface area (Å²) in [5.41, 5.74) is 2.05. The zero-order valence-electron chi connectivity index (χ0n) is 21.7. The van der Waals surface area contributed by atoms with Crippen LogP contribution in [0, 0.1) is 0 Å². The second-order valence-electron chi connectivity index (χ2n) is 10.4. The number of hydrogen-bond acceptors (Lipinski definition) is 7. The molecule has 1 saturated heterocycles. The van der Waals surface area contributed by atoms with Crippen LogP contribution in [0.1, 0.15) is 64.5 Å². The van der Waals surface area contributed by atoms with Gasteiger partial charge in [0.15, 0.2) is 15.7 Å². The topological polar surface area (TPSA) is 114 Å². The summed E-state index contributed by atoms with van der Waals surface area (Å²) in [6, 6.07) is 9.11. The highest BCUT2D eigenvalue weighted by Crippen LogP contribution is 2.55. The summed E-state index contributed by atoms with van der Waals surface area (Å²) < 4.78 is 32.6. The maximum Gasteiger partial charge on any atom is 0.319 e. The smallest absolute Gasteiger partial charge is 0.319 e. The molecule has 2 amide bonds. The maximum atomic E-state index is 13.9. The lowest BCUT2D eigenvalue weighted by Gasteiger charge is -2.35. The third-order valence-electron chi connectivity index (χ3n) is 7.82. The van der Waals surface area contributed by atoms with Gasteiger partial charge in [-0.2, -0.15) is 0 Å². The van der Waals surface area contributed by atoms with Crippen LogP contribution in [0.15, 0.2) is 30.3 Å². The third kappa shape index (κ3) is 5.18. The minimum Gasteiger partial charge on any atom is -0.377 e. The third-order valence-corrected chi connectivity index (χ3v) is 10.9. The number of urea groups is 1. The van der Waals surface area contributed by atoms with Crippen molar-refractivity contribution in [2.45, 2.75) is 74.8 Å². The minimum absolute atomic E-state index is 0.123. The number of nitrogens with zero attached hydrogens (tertiary/aromatic N) is 3. The fourth-order valence-electron chi connectivity index (χ4n) is 5.54. The van der Waals surface area contributed by atoms with Gasteiger partial charge in [-0.1, -0.05) is 19.3 Å². The van der Waals surface area contributed by atoms with Crippen molar-refractivity contribution in [3.05, 3.63) is 36.0 Å². The number of aromatic nitrogens is 2. The number of carbonyl (C=O) groups is 1. The Bertz CT molecular complexity index is 1220. The molecule has 200 valence electrons. The minimum atomic E-state index is -3.38. The lowest BCUT2D eigenvalue weighted by molar-refractivity contribution is 0.0985. The number of ether oxygens (including phenoxy) is 1.